The number of aliphatic hydroxyl groups is 1. The topological polar surface area (TPSA) is 60.2 Å². The maximum Gasteiger partial charge on any atom is 0.163 e. The van der Waals surface area contributed by atoms with Gasteiger partial charge >= 0.3 is 0 Å². The zero-order valence-corrected chi connectivity index (χ0v) is 12.5. The summed E-state index contributed by atoms with van der Waals surface area (Å²) >= 11 is 1.51. The van der Waals surface area contributed by atoms with Crippen molar-refractivity contribution in [3.63, 3.8) is 0 Å². The Bertz CT molecular complexity index is 562. The Hall–Kier alpha value is -1.40. The molecule has 2 rings (SSSR count). The summed E-state index contributed by atoms with van der Waals surface area (Å²) in [7, 11) is 1.59. The highest BCUT2D eigenvalue weighted by Crippen LogP contribution is 2.34. The molecule has 0 aliphatic carbocycles. The van der Waals surface area contributed by atoms with E-state index in [9.17, 15) is 5.11 Å². The standard InChI is InChI=1S/C13H19N3O2S/c1-5-6-16-11(10(18-4)7-14-16)12(17)13-8(2)15-9(3)19-13/h7,12,17H,5-6H2,1-4H3. The molecule has 0 amide bonds. The smallest absolute Gasteiger partial charge is 0.163 e. The van der Waals surface area contributed by atoms with Crippen LogP contribution in [0.25, 0.3) is 0 Å². The van der Waals surface area contributed by atoms with Crippen LogP contribution in [0.4, 0.5) is 0 Å². The third-order valence-corrected chi connectivity index (χ3v) is 4.07. The first-order valence-electron chi connectivity index (χ1n) is 6.30. The van der Waals surface area contributed by atoms with Gasteiger partial charge in [0.1, 0.15) is 11.8 Å². The third kappa shape index (κ3) is 2.64. The SMILES string of the molecule is CCCn1ncc(OC)c1C(O)c1sc(C)nc1C. The fraction of sp³-hybridized carbons (Fsp3) is 0.538. The van der Waals surface area contributed by atoms with Crippen LogP contribution in [0.2, 0.25) is 0 Å². The molecule has 0 aliphatic rings. The van der Waals surface area contributed by atoms with Crippen LogP contribution < -0.4 is 4.74 Å². The lowest BCUT2D eigenvalue weighted by Crippen LogP contribution is -2.11. The molecule has 2 heterocycles. The maximum absolute atomic E-state index is 10.6. The Morgan fingerprint density at radius 2 is 2.21 bits per heavy atom. The molecule has 6 heteroatoms. The van der Waals surface area contributed by atoms with E-state index in [0.29, 0.717) is 11.4 Å². The number of aryl methyl sites for hydroxylation is 3. The Balaban J connectivity index is 2.44. The van der Waals surface area contributed by atoms with Crippen molar-refractivity contribution in [2.24, 2.45) is 0 Å². The minimum atomic E-state index is -0.741. The van der Waals surface area contributed by atoms with Crippen LogP contribution in [-0.4, -0.2) is 27.0 Å². The summed E-state index contributed by atoms with van der Waals surface area (Å²) in [5.41, 5.74) is 1.57. The number of ether oxygens (including phenoxy) is 1. The van der Waals surface area contributed by atoms with Gasteiger partial charge in [-0.25, -0.2) is 4.98 Å². The fourth-order valence-electron chi connectivity index (χ4n) is 2.13. The van der Waals surface area contributed by atoms with Crippen LogP contribution in [0.3, 0.4) is 0 Å². The number of nitrogens with zero attached hydrogens (tertiary/aromatic N) is 3. The molecule has 2 aromatic heterocycles. The van der Waals surface area contributed by atoms with Crippen molar-refractivity contribution in [1.29, 1.82) is 0 Å². The van der Waals surface area contributed by atoms with E-state index in [1.165, 1.54) is 11.3 Å². The largest absolute Gasteiger partial charge is 0.493 e. The van der Waals surface area contributed by atoms with E-state index in [1.807, 2.05) is 13.8 Å². The normalized spacial score (nSPS) is 12.7. The number of aliphatic hydroxyl groups excluding tert-OH is 1. The monoisotopic (exact) mass is 281 g/mol. The van der Waals surface area contributed by atoms with Crippen LogP contribution >= 0.6 is 11.3 Å². The molecule has 19 heavy (non-hydrogen) atoms. The highest BCUT2D eigenvalue weighted by atomic mass is 32.1. The molecule has 1 atom stereocenters. The highest BCUT2D eigenvalue weighted by Gasteiger charge is 2.24. The van der Waals surface area contributed by atoms with E-state index in [2.05, 4.69) is 17.0 Å². The second kappa shape index (κ2) is 5.71. The van der Waals surface area contributed by atoms with Crippen LogP contribution in [0.15, 0.2) is 6.20 Å². The molecule has 0 fully saturated rings. The summed E-state index contributed by atoms with van der Waals surface area (Å²) in [6, 6.07) is 0. The summed E-state index contributed by atoms with van der Waals surface area (Å²) in [5, 5.41) is 15.9. The molecule has 0 spiro atoms. The van der Waals surface area contributed by atoms with E-state index in [0.717, 1.165) is 28.5 Å². The molecule has 0 saturated heterocycles. The van der Waals surface area contributed by atoms with Gasteiger partial charge in [-0.1, -0.05) is 6.92 Å². The Morgan fingerprint density at radius 3 is 2.74 bits per heavy atom. The first kappa shape index (κ1) is 14.0. The lowest BCUT2D eigenvalue weighted by Gasteiger charge is -2.14. The first-order valence-corrected chi connectivity index (χ1v) is 7.11. The van der Waals surface area contributed by atoms with E-state index >= 15 is 0 Å². The fourth-order valence-corrected chi connectivity index (χ4v) is 3.04. The first-order chi connectivity index (χ1) is 9.08. The van der Waals surface area contributed by atoms with Crippen LogP contribution in [0.1, 0.15) is 40.7 Å². The van der Waals surface area contributed by atoms with Crippen molar-refractivity contribution < 1.29 is 9.84 Å². The van der Waals surface area contributed by atoms with Gasteiger partial charge in [-0.3, -0.25) is 4.68 Å². The molecule has 2 aromatic rings. The predicted octanol–water partition coefficient (Wildman–Crippen LogP) is 2.46. The average molecular weight is 281 g/mol. The molecule has 0 radical (unpaired) electrons. The Morgan fingerprint density at radius 1 is 1.47 bits per heavy atom. The second-order valence-electron chi connectivity index (χ2n) is 4.41. The summed E-state index contributed by atoms with van der Waals surface area (Å²) in [6.45, 7) is 6.68. The zero-order chi connectivity index (χ0) is 14.0. The van der Waals surface area contributed by atoms with E-state index < -0.39 is 6.10 Å². The lowest BCUT2D eigenvalue weighted by atomic mass is 10.2. The van der Waals surface area contributed by atoms with Crippen LogP contribution in [0, 0.1) is 13.8 Å². The van der Waals surface area contributed by atoms with Gasteiger partial charge in [0.15, 0.2) is 5.75 Å². The number of aromatic nitrogens is 3. The van der Waals surface area contributed by atoms with Crippen molar-refractivity contribution in [3.05, 3.63) is 27.5 Å². The molecule has 0 saturated carbocycles. The number of hydrogen-bond donors (Lipinski definition) is 1. The quantitative estimate of drug-likeness (QED) is 0.914. The van der Waals surface area contributed by atoms with Crippen molar-refractivity contribution >= 4 is 11.3 Å². The summed E-state index contributed by atoms with van der Waals surface area (Å²) < 4.78 is 7.11. The highest BCUT2D eigenvalue weighted by molar-refractivity contribution is 7.11. The predicted molar refractivity (Wildman–Crippen MR) is 74.7 cm³/mol. The van der Waals surface area contributed by atoms with Crippen molar-refractivity contribution in [2.45, 2.75) is 39.8 Å². The minimum Gasteiger partial charge on any atom is -0.493 e. The summed E-state index contributed by atoms with van der Waals surface area (Å²) in [6.07, 6.45) is 1.86. The van der Waals surface area contributed by atoms with Gasteiger partial charge in [-0.15, -0.1) is 11.3 Å². The molecule has 5 nitrogen and oxygen atoms in total. The molecular weight excluding hydrogens is 262 g/mol. The number of methoxy groups -OCH3 is 1. The van der Waals surface area contributed by atoms with E-state index in [4.69, 9.17) is 4.74 Å². The van der Waals surface area contributed by atoms with Crippen LogP contribution in [0.5, 0.6) is 5.75 Å². The second-order valence-corrected chi connectivity index (χ2v) is 5.64. The van der Waals surface area contributed by atoms with Gasteiger partial charge in [0, 0.05) is 6.54 Å². The van der Waals surface area contributed by atoms with E-state index in [-0.39, 0.29) is 0 Å². The van der Waals surface area contributed by atoms with Crippen molar-refractivity contribution in [1.82, 2.24) is 14.8 Å². The van der Waals surface area contributed by atoms with Gasteiger partial charge in [0.2, 0.25) is 0 Å². The number of hydrogen-bond acceptors (Lipinski definition) is 5. The van der Waals surface area contributed by atoms with Crippen LogP contribution in [-0.2, 0) is 6.54 Å². The third-order valence-electron chi connectivity index (χ3n) is 2.95. The molecule has 0 aromatic carbocycles. The minimum absolute atomic E-state index is 0.617. The summed E-state index contributed by atoms with van der Waals surface area (Å²) in [5.74, 6) is 0.617. The summed E-state index contributed by atoms with van der Waals surface area (Å²) in [4.78, 5) is 5.22. The number of rotatable bonds is 5. The molecule has 0 aliphatic heterocycles. The van der Waals surface area contributed by atoms with Gasteiger partial charge < -0.3 is 9.84 Å². The van der Waals surface area contributed by atoms with Gasteiger partial charge in [-0.2, -0.15) is 5.10 Å². The lowest BCUT2D eigenvalue weighted by molar-refractivity contribution is 0.204. The van der Waals surface area contributed by atoms with E-state index in [1.54, 1.807) is 18.0 Å². The van der Waals surface area contributed by atoms with Gasteiger partial charge in [-0.05, 0) is 20.3 Å². The zero-order valence-electron chi connectivity index (χ0n) is 11.7. The van der Waals surface area contributed by atoms with Crippen molar-refractivity contribution in [3.8, 4) is 5.75 Å². The van der Waals surface area contributed by atoms with Gasteiger partial charge in [0.05, 0.1) is 28.9 Å². The Labute approximate surface area is 116 Å². The molecular formula is C13H19N3O2S. The molecule has 0 bridgehead atoms. The number of thiazole rings is 1. The molecule has 1 N–H and O–H groups in total. The van der Waals surface area contributed by atoms with Gasteiger partial charge in [0.25, 0.3) is 0 Å². The molecule has 1 unspecified atom stereocenters. The van der Waals surface area contributed by atoms with Crippen molar-refractivity contribution in [2.75, 3.05) is 7.11 Å². The molecule has 104 valence electrons. The average Bonchev–Trinajstić information content (AvgIpc) is 2.92. The Kier molecular flexibility index (Phi) is 4.21. The maximum atomic E-state index is 10.6.